The Morgan fingerprint density at radius 3 is 2.13 bits per heavy atom. The maximum Gasteiger partial charge on any atom is 0.234 e. The largest absolute Gasteiger partial charge is 0.248 e. The lowest BCUT2D eigenvalue weighted by atomic mass is 9.90. The van der Waals surface area contributed by atoms with Crippen LogP contribution >= 0.6 is 34.8 Å². The van der Waals surface area contributed by atoms with E-state index in [1.807, 2.05) is 0 Å². The standard InChI is InChI=1S/C9H14Cl3N3/c1-8(2,3)5-6-7(9(10,11)12)15(4)14-13-6/h5H2,1-4H3. The third-order valence-corrected chi connectivity index (χ3v) is 2.40. The van der Waals surface area contributed by atoms with Crippen molar-refractivity contribution >= 4 is 34.8 Å². The van der Waals surface area contributed by atoms with Gasteiger partial charge in [-0.2, -0.15) is 0 Å². The highest BCUT2D eigenvalue weighted by atomic mass is 35.6. The fourth-order valence-corrected chi connectivity index (χ4v) is 2.06. The molecule has 0 unspecified atom stereocenters. The Kier molecular flexibility index (Phi) is 3.59. The van der Waals surface area contributed by atoms with E-state index in [1.165, 1.54) is 4.68 Å². The molecule has 1 aromatic rings. The van der Waals surface area contributed by atoms with Gasteiger partial charge in [0.15, 0.2) is 0 Å². The van der Waals surface area contributed by atoms with Crippen molar-refractivity contribution in [1.29, 1.82) is 0 Å². The van der Waals surface area contributed by atoms with Crippen molar-refractivity contribution in [3.63, 3.8) is 0 Å². The Morgan fingerprint density at radius 2 is 1.73 bits per heavy atom. The van der Waals surface area contributed by atoms with E-state index in [0.29, 0.717) is 5.69 Å². The van der Waals surface area contributed by atoms with Gasteiger partial charge < -0.3 is 0 Å². The zero-order valence-electron chi connectivity index (χ0n) is 9.18. The summed E-state index contributed by atoms with van der Waals surface area (Å²) in [7, 11) is 1.72. The van der Waals surface area contributed by atoms with Crippen molar-refractivity contribution in [2.45, 2.75) is 31.0 Å². The smallest absolute Gasteiger partial charge is 0.234 e. The molecule has 1 heterocycles. The first-order valence-electron chi connectivity index (χ1n) is 4.57. The molecule has 0 amide bonds. The monoisotopic (exact) mass is 269 g/mol. The third-order valence-electron chi connectivity index (χ3n) is 1.86. The van der Waals surface area contributed by atoms with Crippen LogP contribution in [-0.2, 0) is 17.3 Å². The van der Waals surface area contributed by atoms with Crippen molar-refractivity contribution in [1.82, 2.24) is 15.0 Å². The van der Waals surface area contributed by atoms with Crippen molar-refractivity contribution in [3.05, 3.63) is 11.4 Å². The minimum atomic E-state index is -1.47. The molecule has 0 N–H and O–H groups in total. The zero-order chi connectivity index (χ0) is 11.9. The van der Waals surface area contributed by atoms with E-state index in [1.54, 1.807) is 7.05 Å². The minimum Gasteiger partial charge on any atom is -0.248 e. The van der Waals surface area contributed by atoms with Crippen molar-refractivity contribution in [3.8, 4) is 0 Å². The Hall–Kier alpha value is 0.01000. The van der Waals surface area contributed by atoms with Crippen molar-refractivity contribution in [2.75, 3.05) is 0 Å². The lowest BCUT2D eigenvalue weighted by molar-refractivity contribution is 0.404. The molecule has 0 atom stereocenters. The molecule has 15 heavy (non-hydrogen) atoms. The first kappa shape index (κ1) is 13.1. The van der Waals surface area contributed by atoms with Gasteiger partial charge in [-0.05, 0) is 11.8 Å². The summed E-state index contributed by atoms with van der Waals surface area (Å²) >= 11 is 17.6. The van der Waals surface area contributed by atoms with Crippen LogP contribution in [-0.4, -0.2) is 15.0 Å². The maximum atomic E-state index is 5.87. The normalized spacial score (nSPS) is 13.3. The number of rotatable bonds is 1. The predicted octanol–water partition coefficient (Wildman–Crippen LogP) is 3.23. The summed E-state index contributed by atoms with van der Waals surface area (Å²) in [6.07, 6.45) is 0.726. The second kappa shape index (κ2) is 4.11. The van der Waals surface area contributed by atoms with Crippen LogP contribution in [0.15, 0.2) is 0 Å². The molecule has 0 spiro atoms. The van der Waals surface area contributed by atoms with E-state index in [4.69, 9.17) is 34.8 Å². The molecular formula is C9H14Cl3N3. The Bertz CT molecular complexity index is 346. The number of halogens is 3. The van der Waals surface area contributed by atoms with Crippen LogP contribution in [0.4, 0.5) is 0 Å². The van der Waals surface area contributed by atoms with Gasteiger partial charge in [-0.3, -0.25) is 0 Å². The number of hydrogen-bond donors (Lipinski definition) is 0. The number of aromatic nitrogens is 3. The number of aryl methyl sites for hydroxylation is 1. The molecule has 0 radical (unpaired) electrons. The van der Waals surface area contributed by atoms with Crippen LogP contribution in [0.5, 0.6) is 0 Å². The summed E-state index contributed by atoms with van der Waals surface area (Å²) in [4.78, 5) is 0. The van der Waals surface area contributed by atoms with Gasteiger partial charge in [-0.1, -0.05) is 60.8 Å². The number of nitrogens with zero attached hydrogens (tertiary/aromatic N) is 3. The third kappa shape index (κ3) is 3.51. The average molecular weight is 271 g/mol. The lowest BCUT2D eigenvalue weighted by Crippen LogP contribution is -2.16. The summed E-state index contributed by atoms with van der Waals surface area (Å²) in [5.41, 5.74) is 1.37. The fourth-order valence-electron chi connectivity index (χ4n) is 1.37. The number of hydrogen-bond acceptors (Lipinski definition) is 2. The van der Waals surface area contributed by atoms with Gasteiger partial charge in [0, 0.05) is 7.05 Å². The second-order valence-corrected chi connectivity index (χ2v) is 7.02. The molecule has 0 aliphatic heterocycles. The molecule has 0 aliphatic carbocycles. The molecule has 1 rings (SSSR count). The van der Waals surface area contributed by atoms with Gasteiger partial charge in [0.25, 0.3) is 0 Å². The summed E-state index contributed by atoms with van der Waals surface area (Å²) in [6, 6.07) is 0. The van der Waals surface area contributed by atoms with Crippen molar-refractivity contribution < 1.29 is 0 Å². The quantitative estimate of drug-likeness (QED) is 0.734. The van der Waals surface area contributed by atoms with E-state index in [-0.39, 0.29) is 5.41 Å². The Labute approximate surface area is 105 Å². The molecule has 3 nitrogen and oxygen atoms in total. The molecule has 86 valence electrons. The zero-order valence-corrected chi connectivity index (χ0v) is 11.5. The van der Waals surface area contributed by atoms with Gasteiger partial charge in [0.1, 0.15) is 5.69 Å². The van der Waals surface area contributed by atoms with E-state index < -0.39 is 3.79 Å². The van der Waals surface area contributed by atoms with Gasteiger partial charge >= 0.3 is 0 Å². The highest BCUT2D eigenvalue weighted by molar-refractivity contribution is 6.66. The molecule has 0 saturated heterocycles. The highest BCUT2D eigenvalue weighted by Gasteiger charge is 2.32. The minimum absolute atomic E-state index is 0.0840. The van der Waals surface area contributed by atoms with E-state index in [0.717, 1.165) is 12.1 Å². The first-order chi connectivity index (χ1) is 6.61. The predicted molar refractivity (Wildman–Crippen MR) is 63.4 cm³/mol. The van der Waals surface area contributed by atoms with Gasteiger partial charge in [0.2, 0.25) is 3.79 Å². The molecule has 0 fully saturated rings. The Morgan fingerprint density at radius 1 is 1.20 bits per heavy atom. The SMILES string of the molecule is Cn1nnc(CC(C)(C)C)c1C(Cl)(Cl)Cl. The average Bonchev–Trinajstić information content (AvgIpc) is 2.25. The van der Waals surface area contributed by atoms with Gasteiger partial charge in [-0.15, -0.1) is 5.10 Å². The highest BCUT2D eigenvalue weighted by Crippen LogP contribution is 2.40. The number of alkyl halides is 3. The van der Waals surface area contributed by atoms with Crippen LogP contribution in [0.3, 0.4) is 0 Å². The summed E-state index contributed by atoms with van der Waals surface area (Å²) in [5.74, 6) is 0. The second-order valence-electron chi connectivity index (χ2n) is 4.74. The van der Waals surface area contributed by atoms with E-state index in [2.05, 4.69) is 31.1 Å². The lowest BCUT2D eigenvalue weighted by Gasteiger charge is -2.19. The van der Waals surface area contributed by atoms with Crippen LogP contribution < -0.4 is 0 Å². The van der Waals surface area contributed by atoms with E-state index >= 15 is 0 Å². The summed E-state index contributed by atoms with van der Waals surface area (Å²) in [6.45, 7) is 6.30. The molecule has 6 heteroatoms. The molecule has 0 saturated carbocycles. The summed E-state index contributed by atoms with van der Waals surface area (Å²) in [5, 5.41) is 7.91. The fraction of sp³-hybridized carbons (Fsp3) is 0.778. The Balaban J connectivity index is 3.10. The van der Waals surface area contributed by atoms with Crippen LogP contribution in [0.25, 0.3) is 0 Å². The van der Waals surface area contributed by atoms with Crippen LogP contribution in [0.1, 0.15) is 32.2 Å². The van der Waals surface area contributed by atoms with Gasteiger partial charge in [-0.25, -0.2) is 4.68 Å². The molecule has 1 aromatic heterocycles. The molecule has 0 aromatic carbocycles. The van der Waals surface area contributed by atoms with Crippen molar-refractivity contribution in [2.24, 2.45) is 12.5 Å². The maximum absolute atomic E-state index is 5.87. The molecule has 0 aliphatic rings. The first-order valence-corrected chi connectivity index (χ1v) is 5.70. The molecule has 0 bridgehead atoms. The topological polar surface area (TPSA) is 30.7 Å². The van der Waals surface area contributed by atoms with Crippen LogP contribution in [0.2, 0.25) is 0 Å². The summed E-state index contributed by atoms with van der Waals surface area (Å²) < 4.78 is 0.0346. The van der Waals surface area contributed by atoms with Crippen LogP contribution in [0, 0.1) is 5.41 Å². The van der Waals surface area contributed by atoms with Gasteiger partial charge in [0.05, 0.1) is 5.69 Å². The van der Waals surface area contributed by atoms with E-state index in [9.17, 15) is 0 Å². The molecular weight excluding hydrogens is 256 g/mol.